The van der Waals surface area contributed by atoms with Gasteiger partial charge in [-0.1, -0.05) is 31.0 Å². The van der Waals surface area contributed by atoms with Crippen LogP contribution >= 0.6 is 11.6 Å². The van der Waals surface area contributed by atoms with Gasteiger partial charge in [0.1, 0.15) is 6.07 Å². The van der Waals surface area contributed by atoms with E-state index in [4.69, 9.17) is 21.7 Å². The van der Waals surface area contributed by atoms with Crippen molar-refractivity contribution in [3.63, 3.8) is 0 Å². The van der Waals surface area contributed by atoms with E-state index in [0.29, 0.717) is 28.5 Å². The van der Waals surface area contributed by atoms with Crippen LogP contribution in [0.5, 0.6) is 0 Å². The Morgan fingerprint density at radius 3 is 2.61 bits per heavy atom. The number of rotatable bonds is 7. The van der Waals surface area contributed by atoms with Crippen molar-refractivity contribution in [2.45, 2.75) is 44.6 Å². The molecule has 1 aliphatic heterocycles. The number of benzene rings is 1. The van der Waals surface area contributed by atoms with Crippen molar-refractivity contribution in [3.05, 3.63) is 64.4 Å². The van der Waals surface area contributed by atoms with Crippen molar-refractivity contribution in [3.8, 4) is 6.07 Å². The molecule has 2 unspecified atom stereocenters. The Hall–Kier alpha value is -2.88. The highest BCUT2D eigenvalue weighted by atomic mass is 35.5. The Morgan fingerprint density at radius 1 is 1.14 bits per heavy atom. The molecule has 0 spiro atoms. The monoisotopic (exact) mass is 502 g/mol. The maximum absolute atomic E-state index is 9.33. The highest BCUT2D eigenvalue weighted by Gasteiger charge is 2.46. The quantitative estimate of drug-likeness (QED) is 0.506. The molecule has 2 aliphatic carbocycles. The molecule has 7 heteroatoms. The van der Waals surface area contributed by atoms with Gasteiger partial charge in [-0.15, -0.1) is 0 Å². The van der Waals surface area contributed by atoms with E-state index in [1.165, 1.54) is 31.2 Å². The van der Waals surface area contributed by atoms with E-state index in [9.17, 15) is 5.26 Å². The number of hydrogen-bond donors (Lipinski definition) is 0. The fraction of sp³-hybridized carbons (Fsp3) is 0.483. The van der Waals surface area contributed by atoms with Crippen molar-refractivity contribution in [2.75, 3.05) is 39.2 Å². The van der Waals surface area contributed by atoms with E-state index in [-0.39, 0.29) is 0 Å². The zero-order chi connectivity index (χ0) is 25.4. The SMILES string of the molecule is C=C(c1ccc2c(n1)CCC1C2=NN(c2ccc(C#N)c(Cl)c2)C1C1CCCC1)N(C)CCN(C)C. The van der Waals surface area contributed by atoms with Gasteiger partial charge in [0.2, 0.25) is 0 Å². The van der Waals surface area contributed by atoms with Crippen molar-refractivity contribution in [2.24, 2.45) is 16.9 Å². The molecule has 0 radical (unpaired) electrons. The molecule has 1 aromatic carbocycles. The third-order valence-electron chi connectivity index (χ3n) is 8.06. The van der Waals surface area contributed by atoms with E-state index in [1.807, 2.05) is 18.2 Å². The van der Waals surface area contributed by atoms with Crippen LogP contribution in [-0.2, 0) is 6.42 Å². The van der Waals surface area contributed by atoms with Crippen LogP contribution in [0.4, 0.5) is 5.69 Å². The van der Waals surface area contributed by atoms with Crippen molar-refractivity contribution < 1.29 is 0 Å². The lowest BCUT2D eigenvalue weighted by Gasteiger charge is -2.34. The number of aromatic nitrogens is 1. The van der Waals surface area contributed by atoms with Crippen LogP contribution in [0.2, 0.25) is 5.02 Å². The summed E-state index contributed by atoms with van der Waals surface area (Å²) in [5, 5.41) is 17.3. The minimum absolute atomic E-state index is 0.325. The topological polar surface area (TPSA) is 58.8 Å². The summed E-state index contributed by atoms with van der Waals surface area (Å²) in [6.07, 6.45) is 7.06. The van der Waals surface area contributed by atoms with Gasteiger partial charge in [-0.05, 0) is 76.0 Å². The maximum atomic E-state index is 9.33. The summed E-state index contributed by atoms with van der Waals surface area (Å²) in [5.41, 5.74) is 6.81. The van der Waals surface area contributed by atoms with Gasteiger partial charge in [0.25, 0.3) is 0 Å². The molecular weight excluding hydrogens is 468 g/mol. The lowest BCUT2D eigenvalue weighted by Crippen LogP contribution is -2.40. The highest BCUT2D eigenvalue weighted by molar-refractivity contribution is 6.32. The summed E-state index contributed by atoms with van der Waals surface area (Å²) in [7, 11) is 6.25. The van der Waals surface area contributed by atoms with Crippen LogP contribution in [-0.4, -0.2) is 60.8 Å². The second-order valence-corrected chi connectivity index (χ2v) is 11.1. The third kappa shape index (κ3) is 4.63. The van der Waals surface area contributed by atoms with Gasteiger partial charge in [-0.2, -0.15) is 10.4 Å². The number of hydrogen-bond acceptors (Lipinski definition) is 6. The molecule has 0 bridgehead atoms. The van der Waals surface area contributed by atoms with Crippen LogP contribution in [0.3, 0.4) is 0 Å². The predicted molar refractivity (Wildman–Crippen MR) is 147 cm³/mol. The van der Waals surface area contributed by atoms with Gasteiger partial charge in [-0.25, -0.2) is 0 Å². The number of pyridine rings is 1. The molecule has 1 saturated carbocycles. The van der Waals surface area contributed by atoms with E-state index < -0.39 is 0 Å². The summed E-state index contributed by atoms with van der Waals surface area (Å²) < 4.78 is 0. The second-order valence-electron chi connectivity index (χ2n) is 10.6. The zero-order valence-corrected chi connectivity index (χ0v) is 22.3. The maximum Gasteiger partial charge on any atom is 0.101 e. The molecule has 2 heterocycles. The Morgan fingerprint density at radius 2 is 1.92 bits per heavy atom. The number of halogens is 1. The largest absolute Gasteiger partial charge is 0.372 e. The first-order valence-corrected chi connectivity index (χ1v) is 13.4. The Bertz CT molecular complexity index is 1220. The van der Waals surface area contributed by atoms with Gasteiger partial charge < -0.3 is 9.80 Å². The smallest absolute Gasteiger partial charge is 0.101 e. The summed E-state index contributed by atoms with van der Waals surface area (Å²) >= 11 is 6.44. The fourth-order valence-electron chi connectivity index (χ4n) is 6.00. The summed E-state index contributed by atoms with van der Waals surface area (Å²) in [6, 6.07) is 12.5. The van der Waals surface area contributed by atoms with Gasteiger partial charge in [0.05, 0.1) is 45.1 Å². The van der Waals surface area contributed by atoms with E-state index in [2.05, 4.69) is 60.7 Å². The molecule has 2 atom stereocenters. The van der Waals surface area contributed by atoms with E-state index >= 15 is 0 Å². The van der Waals surface area contributed by atoms with Crippen LogP contribution in [0.1, 0.15) is 54.6 Å². The number of anilines is 1. The molecule has 0 N–H and O–H groups in total. The van der Waals surface area contributed by atoms with E-state index in [1.54, 1.807) is 0 Å². The molecular formula is C29H35ClN6. The highest BCUT2D eigenvalue weighted by Crippen LogP contribution is 2.45. The number of likely N-dealkylation sites (N-methyl/N-ethyl adjacent to an activating group) is 2. The minimum Gasteiger partial charge on any atom is -0.372 e. The molecule has 1 aromatic heterocycles. The Kier molecular flexibility index (Phi) is 7.05. The minimum atomic E-state index is 0.325. The average Bonchev–Trinajstić information content (AvgIpc) is 3.54. The van der Waals surface area contributed by atoms with Crippen LogP contribution in [0, 0.1) is 23.2 Å². The summed E-state index contributed by atoms with van der Waals surface area (Å²) in [4.78, 5) is 9.42. The van der Waals surface area contributed by atoms with Gasteiger partial charge in [0, 0.05) is 31.6 Å². The predicted octanol–water partition coefficient (Wildman–Crippen LogP) is 5.42. The van der Waals surface area contributed by atoms with Crippen LogP contribution < -0.4 is 5.01 Å². The second kappa shape index (κ2) is 10.2. The standard InChI is InChI=1S/C29H35ClN6/c1-19(35(4)16-15-34(2)3)26-13-11-23-27(32-26)14-12-24-28(23)33-36(29(24)20-7-5-6-8-20)22-10-9-21(18-31)25(30)17-22/h9-11,13,17,20,24,29H,1,5-8,12,14-16H2,2-4H3. The first kappa shape index (κ1) is 24.8. The molecule has 2 aromatic rings. The number of fused-ring (bicyclic) bond motifs is 3. The molecule has 3 aliphatic rings. The molecule has 6 nitrogen and oxygen atoms in total. The van der Waals surface area contributed by atoms with Gasteiger partial charge in [0.15, 0.2) is 0 Å². The van der Waals surface area contributed by atoms with Crippen molar-refractivity contribution >= 4 is 28.7 Å². The number of aryl methyl sites for hydroxylation is 1. The van der Waals surface area contributed by atoms with E-state index in [0.717, 1.165) is 54.4 Å². The zero-order valence-electron chi connectivity index (χ0n) is 21.5. The Balaban J connectivity index is 1.47. The van der Waals surface area contributed by atoms with Crippen LogP contribution in [0.15, 0.2) is 42.0 Å². The molecule has 5 rings (SSSR count). The van der Waals surface area contributed by atoms with Gasteiger partial charge >= 0.3 is 0 Å². The van der Waals surface area contributed by atoms with Gasteiger partial charge in [-0.3, -0.25) is 9.99 Å². The Labute approximate surface area is 219 Å². The lowest BCUT2D eigenvalue weighted by atomic mass is 9.76. The molecule has 188 valence electrons. The number of nitrogens with zero attached hydrogens (tertiary/aromatic N) is 6. The molecule has 0 saturated heterocycles. The third-order valence-corrected chi connectivity index (χ3v) is 8.38. The average molecular weight is 503 g/mol. The number of nitriles is 1. The lowest BCUT2D eigenvalue weighted by molar-refractivity contribution is 0.348. The molecule has 36 heavy (non-hydrogen) atoms. The number of hydrazone groups is 1. The molecule has 1 fully saturated rings. The van der Waals surface area contributed by atoms with Crippen LogP contribution in [0.25, 0.3) is 5.70 Å². The van der Waals surface area contributed by atoms with Crippen molar-refractivity contribution in [1.82, 2.24) is 14.8 Å². The first-order chi connectivity index (χ1) is 17.4. The summed E-state index contributed by atoms with van der Waals surface area (Å²) in [6.45, 7) is 6.20. The molecule has 0 amide bonds. The normalized spacial score (nSPS) is 21.2. The fourth-order valence-corrected chi connectivity index (χ4v) is 6.22. The summed E-state index contributed by atoms with van der Waals surface area (Å²) in [5.74, 6) is 0.998. The first-order valence-electron chi connectivity index (χ1n) is 13.0. The van der Waals surface area contributed by atoms with Crippen molar-refractivity contribution in [1.29, 1.82) is 5.26 Å².